The Hall–Kier alpha value is -3.06. The first-order chi connectivity index (χ1) is 15.0. The lowest BCUT2D eigenvalue weighted by Gasteiger charge is -2.35. The summed E-state index contributed by atoms with van der Waals surface area (Å²) in [6.45, 7) is 1.32. The van der Waals surface area contributed by atoms with Gasteiger partial charge in [-0.15, -0.1) is 0 Å². The van der Waals surface area contributed by atoms with Crippen LogP contribution in [0.15, 0.2) is 54.9 Å². The maximum Gasteiger partial charge on any atom is 0.241 e. The van der Waals surface area contributed by atoms with Gasteiger partial charge in [0.25, 0.3) is 0 Å². The van der Waals surface area contributed by atoms with Crippen molar-refractivity contribution in [1.82, 2.24) is 14.8 Å². The van der Waals surface area contributed by atoms with Gasteiger partial charge in [0.05, 0.1) is 18.1 Å². The second kappa shape index (κ2) is 8.98. The minimum atomic E-state index is -1.18. The number of rotatable bonds is 6. The summed E-state index contributed by atoms with van der Waals surface area (Å²) in [7, 11) is 1.65. The highest BCUT2D eigenvalue weighted by atomic mass is 16.5. The molecule has 3 heterocycles. The summed E-state index contributed by atoms with van der Waals surface area (Å²) in [5.41, 5.74) is 0.298. The normalized spacial score (nSPS) is 24.0. The van der Waals surface area contributed by atoms with Crippen LogP contribution in [0.1, 0.15) is 36.8 Å². The molecule has 0 radical (unpaired) electrons. The van der Waals surface area contributed by atoms with Gasteiger partial charge in [-0.25, -0.2) is 0 Å². The van der Waals surface area contributed by atoms with Crippen molar-refractivity contribution >= 4 is 17.7 Å². The van der Waals surface area contributed by atoms with Crippen LogP contribution >= 0.6 is 0 Å². The Morgan fingerprint density at radius 3 is 2.71 bits per heavy atom. The van der Waals surface area contributed by atoms with Gasteiger partial charge in [-0.2, -0.15) is 0 Å². The number of amides is 3. The number of benzene rings is 1. The van der Waals surface area contributed by atoms with E-state index in [0.717, 1.165) is 18.4 Å². The van der Waals surface area contributed by atoms with Crippen molar-refractivity contribution < 1.29 is 19.1 Å². The molecule has 7 nitrogen and oxygen atoms in total. The molecule has 2 atom stereocenters. The number of pyridine rings is 1. The molecular formula is C24H27N3O4. The van der Waals surface area contributed by atoms with E-state index in [2.05, 4.69) is 4.98 Å². The van der Waals surface area contributed by atoms with Crippen molar-refractivity contribution in [3.05, 3.63) is 66.0 Å². The van der Waals surface area contributed by atoms with E-state index >= 15 is 0 Å². The first-order valence-corrected chi connectivity index (χ1v) is 10.6. The number of nitrogens with zero attached hydrogens (tertiary/aromatic N) is 3. The number of carbonyl (C=O) groups excluding carboxylic acids is 3. The third-order valence-electron chi connectivity index (χ3n) is 6.32. The van der Waals surface area contributed by atoms with Crippen LogP contribution < -0.4 is 0 Å². The smallest absolute Gasteiger partial charge is 0.241 e. The van der Waals surface area contributed by atoms with E-state index in [1.54, 1.807) is 30.5 Å². The van der Waals surface area contributed by atoms with Gasteiger partial charge in [-0.3, -0.25) is 24.3 Å². The second-order valence-electron chi connectivity index (χ2n) is 8.29. The number of ether oxygens (including phenoxy) is 1. The minimum absolute atomic E-state index is 0.00775. The van der Waals surface area contributed by atoms with Gasteiger partial charge in [-0.1, -0.05) is 36.4 Å². The average molecular weight is 421 g/mol. The highest BCUT2D eigenvalue weighted by Crippen LogP contribution is 2.41. The van der Waals surface area contributed by atoms with Crippen LogP contribution in [-0.4, -0.2) is 58.8 Å². The molecule has 0 N–H and O–H groups in total. The molecule has 3 amide bonds. The summed E-state index contributed by atoms with van der Waals surface area (Å²) in [6.07, 6.45) is 5.05. The van der Waals surface area contributed by atoms with Gasteiger partial charge in [0.1, 0.15) is 0 Å². The molecule has 0 bridgehead atoms. The lowest BCUT2D eigenvalue weighted by atomic mass is 9.75. The number of methoxy groups -OCH3 is 1. The number of hydrogen-bond donors (Lipinski definition) is 0. The molecule has 162 valence electrons. The van der Waals surface area contributed by atoms with Crippen LogP contribution in [0, 0.1) is 0 Å². The number of hydrogen-bond acceptors (Lipinski definition) is 5. The largest absolute Gasteiger partial charge is 0.380 e. The summed E-state index contributed by atoms with van der Waals surface area (Å²) >= 11 is 0. The molecular weight excluding hydrogens is 394 g/mol. The van der Waals surface area contributed by atoms with Crippen LogP contribution in [0.25, 0.3) is 0 Å². The first kappa shape index (κ1) is 21.2. The zero-order valence-corrected chi connectivity index (χ0v) is 17.7. The summed E-state index contributed by atoms with van der Waals surface area (Å²) in [6, 6.07) is 12.8. The Morgan fingerprint density at radius 2 is 2.00 bits per heavy atom. The standard InChI is InChI=1S/C24H27N3O4/c1-31-20-10-6-12-26(17-20)21(28)13-24(19-8-3-2-4-9-19)14-22(29)27(23(24)30)16-18-7-5-11-25-15-18/h2-5,7-9,11,15,20H,6,10,12-14,16-17H2,1H3. The van der Waals surface area contributed by atoms with E-state index in [9.17, 15) is 14.4 Å². The maximum absolute atomic E-state index is 13.7. The monoisotopic (exact) mass is 421 g/mol. The topological polar surface area (TPSA) is 79.8 Å². The van der Waals surface area contributed by atoms with E-state index in [4.69, 9.17) is 4.74 Å². The van der Waals surface area contributed by atoms with E-state index in [0.29, 0.717) is 18.7 Å². The van der Waals surface area contributed by atoms with Crippen molar-refractivity contribution in [3.63, 3.8) is 0 Å². The number of carbonyl (C=O) groups is 3. The van der Waals surface area contributed by atoms with Crippen molar-refractivity contribution in [2.75, 3.05) is 20.2 Å². The van der Waals surface area contributed by atoms with E-state index in [1.807, 2.05) is 36.4 Å². The molecule has 1 aromatic heterocycles. The lowest BCUT2D eigenvalue weighted by molar-refractivity contribution is -0.144. The second-order valence-corrected chi connectivity index (χ2v) is 8.29. The SMILES string of the molecule is COC1CCCN(C(=O)CC2(c3ccccc3)CC(=O)N(Cc3cccnc3)C2=O)C1. The molecule has 4 rings (SSSR count). The van der Waals surface area contributed by atoms with E-state index < -0.39 is 5.41 Å². The quantitative estimate of drug-likeness (QED) is 0.669. The van der Waals surface area contributed by atoms with Crippen molar-refractivity contribution in [3.8, 4) is 0 Å². The predicted octanol–water partition coefficient (Wildman–Crippen LogP) is 2.31. The highest BCUT2D eigenvalue weighted by molar-refractivity contribution is 6.10. The molecule has 0 spiro atoms. The predicted molar refractivity (Wildman–Crippen MR) is 114 cm³/mol. The van der Waals surface area contributed by atoms with Gasteiger partial charge in [0, 0.05) is 45.4 Å². The fraction of sp³-hybridized carbons (Fsp3) is 0.417. The van der Waals surface area contributed by atoms with Crippen molar-refractivity contribution in [2.45, 2.75) is 43.7 Å². The van der Waals surface area contributed by atoms with Crippen molar-refractivity contribution in [1.29, 1.82) is 0 Å². The van der Waals surface area contributed by atoms with Gasteiger partial charge in [-0.05, 0) is 30.0 Å². The van der Waals surface area contributed by atoms with Crippen LogP contribution in [0.3, 0.4) is 0 Å². The maximum atomic E-state index is 13.7. The third kappa shape index (κ3) is 4.23. The van der Waals surface area contributed by atoms with Crippen LogP contribution in [0.4, 0.5) is 0 Å². The molecule has 31 heavy (non-hydrogen) atoms. The van der Waals surface area contributed by atoms with Crippen LogP contribution in [0.5, 0.6) is 0 Å². The number of aromatic nitrogens is 1. The summed E-state index contributed by atoms with van der Waals surface area (Å²) in [4.78, 5) is 47.0. The Labute approximate surface area is 182 Å². The fourth-order valence-electron chi connectivity index (χ4n) is 4.58. The molecule has 2 aliphatic rings. The molecule has 2 aromatic rings. The molecule has 0 aliphatic carbocycles. The van der Waals surface area contributed by atoms with Gasteiger partial charge in [0.15, 0.2) is 0 Å². The molecule has 1 aromatic carbocycles. The van der Waals surface area contributed by atoms with Gasteiger partial charge < -0.3 is 9.64 Å². The number of piperidine rings is 1. The van der Waals surface area contributed by atoms with Crippen molar-refractivity contribution in [2.24, 2.45) is 0 Å². The molecule has 2 fully saturated rings. The summed E-state index contributed by atoms with van der Waals surface area (Å²) in [5, 5.41) is 0. The highest BCUT2D eigenvalue weighted by Gasteiger charge is 2.54. The Bertz CT molecular complexity index is 950. The Morgan fingerprint density at radius 1 is 1.19 bits per heavy atom. The van der Waals surface area contributed by atoms with Crippen LogP contribution in [0.2, 0.25) is 0 Å². The molecule has 2 aliphatic heterocycles. The van der Waals surface area contributed by atoms with E-state index in [1.165, 1.54) is 4.90 Å². The van der Waals surface area contributed by atoms with E-state index in [-0.39, 0.29) is 43.2 Å². The molecule has 2 unspecified atom stereocenters. The fourth-order valence-corrected chi connectivity index (χ4v) is 4.58. The summed E-state index contributed by atoms with van der Waals surface area (Å²) in [5.74, 6) is -0.699. The Balaban J connectivity index is 1.62. The first-order valence-electron chi connectivity index (χ1n) is 10.6. The Kier molecular flexibility index (Phi) is 6.13. The third-order valence-corrected chi connectivity index (χ3v) is 6.32. The average Bonchev–Trinajstić information content (AvgIpc) is 3.05. The summed E-state index contributed by atoms with van der Waals surface area (Å²) < 4.78 is 5.44. The molecule has 0 saturated carbocycles. The zero-order chi connectivity index (χ0) is 21.8. The zero-order valence-electron chi connectivity index (χ0n) is 17.7. The number of likely N-dealkylation sites (tertiary alicyclic amines) is 2. The van der Waals surface area contributed by atoms with Gasteiger partial charge in [0.2, 0.25) is 17.7 Å². The molecule has 2 saturated heterocycles. The lowest BCUT2D eigenvalue weighted by Crippen LogP contribution is -2.47. The minimum Gasteiger partial charge on any atom is -0.380 e. The van der Waals surface area contributed by atoms with Gasteiger partial charge >= 0.3 is 0 Å². The number of imide groups is 1. The molecule has 7 heteroatoms. The van der Waals surface area contributed by atoms with Crippen LogP contribution in [-0.2, 0) is 31.1 Å².